The van der Waals surface area contributed by atoms with Gasteiger partial charge in [-0.15, -0.1) is 0 Å². The minimum absolute atomic E-state index is 0.0843. The summed E-state index contributed by atoms with van der Waals surface area (Å²) in [4.78, 5) is 45.3. The van der Waals surface area contributed by atoms with Gasteiger partial charge in [0.2, 0.25) is 5.56 Å². The Hall–Kier alpha value is -3.22. The molecule has 1 saturated heterocycles. The molecule has 7 heteroatoms. The lowest BCUT2D eigenvalue weighted by molar-refractivity contribution is 0.0677. The maximum absolute atomic E-state index is 12.8. The van der Waals surface area contributed by atoms with Gasteiger partial charge in [0.1, 0.15) is 0 Å². The van der Waals surface area contributed by atoms with Crippen molar-refractivity contribution in [2.75, 3.05) is 13.1 Å². The highest BCUT2D eigenvalue weighted by molar-refractivity contribution is 5.93. The smallest absolute Gasteiger partial charge is 0.261 e. The number of hydrogen-bond acceptors (Lipinski definition) is 4. The highest BCUT2D eigenvalue weighted by Crippen LogP contribution is 2.22. The van der Waals surface area contributed by atoms with Crippen molar-refractivity contribution < 1.29 is 4.79 Å². The number of likely N-dealkylation sites (tertiary alicyclic amines) is 1. The van der Waals surface area contributed by atoms with Gasteiger partial charge in [0, 0.05) is 25.4 Å². The maximum Gasteiger partial charge on any atom is 0.261 e. The molecule has 3 aromatic rings. The van der Waals surface area contributed by atoms with Crippen LogP contribution in [0.1, 0.15) is 29.2 Å². The van der Waals surface area contributed by atoms with Crippen LogP contribution in [0, 0.1) is 0 Å². The van der Waals surface area contributed by atoms with E-state index in [0.29, 0.717) is 29.6 Å². The summed E-state index contributed by atoms with van der Waals surface area (Å²) in [7, 11) is 0. The lowest BCUT2D eigenvalue weighted by Crippen LogP contribution is -2.43. The second-order valence-corrected chi connectivity index (χ2v) is 6.46. The first kappa shape index (κ1) is 16.3. The van der Waals surface area contributed by atoms with Gasteiger partial charge in [-0.3, -0.25) is 19.0 Å². The zero-order valence-electron chi connectivity index (χ0n) is 14.1. The van der Waals surface area contributed by atoms with Crippen LogP contribution < -0.4 is 11.1 Å². The largest absolute Gasteiger partial charge is 0.337 e. The first-order valence-corrected chi connectivity index (χ1v) is 8.57. The van der Waals surface area contributed by atoms with Gasteiger partial charge in [-0.2, -0.15) is 0 Å². The molecule has 1 fully saturated rings. The molecule has 26 heavy (non-hydrogen) atoms. The third-order valence-corrected chi connectivity index (χ3v) is 4.80. The molecule has 1 aromatic carbocycles. The van der Waals surface area contributed by atoms with Gasteiger partial charge < -0.3 is 9.88 Å². The average Bonchev–Trinajstić information content (AvgIpc) is 2.69. The summed E-state index contributed by atoms with van der Waals surface area (Å²) in [5.41, 5.74) is 0.783. The van der Waals surface area contributed by atoms with Gasteiger partial charge in [0.15, 0.2) is 0 Å². The molecule has 0 saturated carbocycles. The Morgan fingerprint density at radius 3 is 2.81 bits per heavy atom. The molecule has 1 atom stereocenters. The standard InChI is InChI=1S/C19H18N4O3/c24-17-8-7-13(10-20-17)18(25)22-9-3-4-14(11-22)23-12-21-16-6-2-1-5-15(16)19(23)26/h1-2,5-8,10,12,14H,3-4,9,11H2,(H,20,24)/t14-/m1/s1. The normalized spacial score (nSPS) is 17.4. The van der Waals surface area contributed by atoms with Gasteiger partial charge in [0.25, 0.3) is 11.5 Å². The Bertz CT molecular complexity index is 1070. The number of fused-ring (bicyclic) bond motifs is 1. The van der Waals surface area contributed by atoms with Crippen LogP contribution in [0.4, 0.5) is 0 Å². The molecular weight excluding hydrogens is 332 g/mol. The number of pyridine rings is 1. The fourth-order valence-corrected chi connectivity index (χ4v) is 3.44. The molecule has 0 spiro atoms. The van der Waals surface area contributed by atoms with E-state index < -0.39 is 0 Å². The quantitative estimate of drug-likeness (QED) is 0.760. The fraction of sp³-hybridized carbons (Fsp3) is 0.263. The first-order chi connectivity index (χ1) is 12.6. The molecular formula is C19H18N4O3. The number of carbonyl (C=O) groups is 1. The second-order valence-electron chi connectivity index (χ2n) is 6.46. The molecule has 0 bridgehead atoms. The predicted molar refractivity (Wildman–Crippen MR) is 97.2 cm³/mol. The van der Waals surface area contributed by atoms with Crippen LogP contribution in [-0.4, -0.2) is 38.4 Å². The molecule has 0 radical (unpaired) electrons. The van der Waals surface area contributed by atoms with Crippen LogP contribution in [-0.2, 0) is 0 Å². The van der Waals surface area contributed by atoms with E-state index in [2.05, 4.69) is 9.97 Å². The van der Waals surface area contributed by atoms with Crippen molar-refractivity contribution in [3.8, 4) is 0 Å². The maximum atomic E-state index is 12.8. The van der Waals surface area contributed by atoms with Crippen molar-refractivity contribution in [3.63, 3.8) is 0 Å². The lowest BCUT2D eigenvalue weighted by Gasteiger charge is -2.33. The molecule has 1 aliphatic heterocycles. The fourth-order valence-electron chi connectivity index (χ4n) is 3.44. The third-order valence-electron chi connectivity index (χ3n) is 4.80. The highest BCUT2D eigenvalue weighted by atomic mass is 16.2. The molecule has 2 aromatic heterocycles. The minimum Gasteiger partial charge on any atom is -0.337 e. The zero-order chi connectivity index (χ0) is 18.1. The molecule has 7 nitrogen and oxygen atoms in total. The van der Waals surface area contributed by atoms with Gasteiger partial charge in [-0.25, -0.2) is 4.98 Å². The van der Waals surface area contributed by atoms with Crippen LogP contribution in [0.25, 0.3) is 10.9 Å². The number of aromatic nitrogens is 3. The number of benzene rings is 1. The number of piperidine rings is 1. The van der Waals surface area contributed by atoms with E-state index in [1.807, 2.05) is 18.2 Å². The summed E-state index contributed by atoms with van der Waals surface area (Å²) in [5, 5.41) is 0.582. The summed E-state index contributed by atoms with van der Waals surface area (Å²) in [6.45, 7) is 1.07. The highest BCUT2D eigenvalue weighted by Gasteiger charge is 2.26. The summed E-state index contributed by atoms with van der Waals surface area (Å²) in [6.07, 6.45) is 4.62. The Morgan fingerprint density at radius 1 is 1.15 bits per heavy atom. The molecule has 3 heterocycles. The third kappa shape index (κ3) is 2.92. The Balaban J connectivity index is 1.62. The van der Waals surface area contributed by atoms with Crippen molar-refractivity contribution in [3.05, 3.63) is 75.2 Å². The lowest BCUT2D eigenvalue weighted by atomic mass is 10.0. The van der Waals surface area contributed by atoms with Gasteiger partial charge in [-0.1, -0.05) is 12.1 Å². The molecule has 1 N–H and O–H groups in total. The second kappa shape index (κ2) is 6.59. The summed E-state index contributed by atoms with van der Waals surface area (Å²) < 4.78 is 1.63. The van der Waals surface area contributed by atoms with Gasteiger partial charge >= 0.3 is 0 Å². The summed E-state index contributed by atoms with van der Waals surface area (Å²) in [5.74, 6) is -0.146. The topological polar surface area (TPSA) is 88.1 Å². The van der Waals surface area contributed by atoms with Gasteiger partial charge in [-0.05, 0) is 31.0 Å². The number of rotatable bonds is 2. The summed E-state index contributed by atoms with van der Waals surface area (Å²) >= 11 is 0. The minimum atomic E-state index is -0.244. The van der Waals surface area contributed by atoms with E-state index >= 15 is 0 Å². The Labute approximate surface area is 148 Å². The van der Waals surface area contributed by atoms with Crippen molar-refractivity contribution in [1.82, 2.24) is 19.4 Å². The van der Waals surface area contributed by atoms with E-state index in [9.17, 15) is 14.4 Å². The molecule has 132 valence electrons. The van der Waals surface area contributed by atoms with Crippen LogP contribution in [0.15, 0.2) is 58.5 Å². The summed E-state index contributed by atoms with van der Waals surface area (Å²) in [6, 6.07) is 10.0. The van der Waals surface area contributed by atoms with Crippen LogP contribution in [0.2, 0.25) is 0 Å². The Kier molecular flexibility index (Phi) is 4.12. The molecule has 1 amide bonds. The zero-order valence-corrected chi connectivity index (χ0v) is 14.1. The number of aromatic amines is 1. The predicted octanol–water partition coefficient (Wildman–Crippen LogP) is 1.56. The first-order valence-electron chi connectivity index (χ1n) is 8.57. The molecule has 0 unspecified atom stereocenters. The monoisotopic (exact) mass is 350 g/mol. The number of nitrogens with zero attached hydrogens (tertiary/aromatic N) is 3. The van der Waals surface area contributed by atoms with Crippen LogP contribution >= 0.6 is 0 Å². The van der Waals surface area contributed by atoms with E-state index in [1.165, 1.54) is 18.3 Å². The average molecular weight is 350 g/mol. The molecule has 0 aliphatic carbocycles. The number of nitrogens with one attached hydrogen (secondary N) is 1. The van der Waals surface area contributed by atoms with E-state index in [0.717, 1.165) is 12.8 Å². The number of hydrogen-bond donors (Lipinski definition) is 1. The number of amides is 1. The van der Waals surface area contributed by atoms with Crippen molar-refractivity contribution in [2.45, 2.75) is 18.9 Å². The van der Waals surface area contributed by atoms with Crippen LogP contribution in [0.3, 0.4) is 0 Å². The number of para-hydroxylation sites is 1. The van der Waals surface area contributed by atoms with E-state index in [4.69, 9.17) is 0 Å². The van der Waals surface area contributed by atoms with E-state index in [1.54, 1.807) is 21.9 Å². The van der Waals surface area contributed by atoms with E-state index in [-0.39, 0.29) is 23.1 Å². The van der Waals surface area contributed by atoms with Crippen molar-refractivity contribution >= 4 is 16.8 Å². The van der Waals surface area contributed by atoms with Crippen molar-refractivity contribution in [1.29, 1.82) is 0 Å². The van der Waals surface area contributed by atoms with Gasteiger partial charge in [0.05, 0.1) is 28.8 Å². The SMILES string of the molecule is O=C(c1ccc(=O)[nH]c1)N1CCC[C@@H](n2cnc3ccccc3c2=O)C1. The molecule has 1 aliphatic rings. The van der Waals surface area contributed by atoms with Crippen LogP contribution in [0.5, 0.6) is 0 Å². The van der Waals surface area contributed by atoms with Crippen molar-refractivity contribution in [2.24, 2.45) is 0 Å². The number of H-pyrrole nitrogens is 1. The molecule has 4 rings (SSSR count). The Morgan fingerprint density at radius 2 is 2.00 bits per heavy atom. The number of carbonyl (C=O) groups excluding carboxylic acids is 1.